The van der Waals surface area contributed by atoms with Crippen LogP contribution in [0, 0.1) is 10.1 Å². The number of hydrogen-bond acceptors (Lipinski definition) is 6. The molecule has 0 aliphatic heterocycles. The van der Waals surface area contributed by atoms with Gasteiger partial charge in [0.2, 0.25) is 0 Å². The van der Waals surface area contributed by atoms with E-state index in [1.807, 2.05) is 12.1 Å². The highest BCUT2D eigenvalue weighted by atomic mass is 32.1. The molecule has 0 unspecified atom stereocenters. The SMILES string of the molecule is Nc1n[nH]c(-c2ccc([N+](=O)[O-])s2)c1-c1ccccn1. The van der Waals surface area contributed by atoms with Crippen LogP contribution in [0.15, 0.2) is 36.5 Å². The molecule has 3 heterocycles. The second-order valence-corrected chi connectivity index (χ2v) is 5.03. The van der Waals surface area contributed by atoms with Crippen LogP contribution in [0.1, 0.15) is 0 Å². The number of hydrogen-bond donors (Lipinski definition) is 2. The Balaban J connectivity index is 2.13. The summed E-state index contributed by atoms with van der Waals surface area (Å²) in [5.74, 6) is 0.315. The number of H-pyrrole nitrogens is 1. The first kappa shape index (κ1) is 12.3. The molecule has 0 saturated carbocycles. The fourth-order valence-electron chi connectivity index (χ4n) is 1.86. The highest BCUT2D eigenvalue weighted by Gasteiger charge is 2.19. The van der Waals surface area contributed by atoms with Crippen molar-refractivity contribution in [3.63, 3.8) is 0 Å². The molecule has 0 radical (unpaired) electrons. The van der Waals surface area contributed by atoms with E-state index in [0.717, 1.165) is 11.3 Å². The summed E-state index contributed by atoms with van der Waals surface area (Å²) in [6, 6.07) is 8.58. The van der Waals surface area contributed by atoms with Crippen LogP contribution in [0.25, 0.3) is 21.8 Å². The van der Waals surface area contributed by atoms with Crippen LogP contribution in [0.4, 0.5) is 10.8 Å². The second-order valence-electron chi connectivity index (χ2n) is 3.97. The molecule has 0 aromatic carbocycles. The first-order valence-corrected chi connectivity index (χ1v) is 6.48. The molecule has 3 aromatic heterocycles. The van der Waals surface area contributed by atoms with Gasteiger partial charge in [0.15, 0.2) is 5.82 Å². The lowest BCUT2D eigenvalue weighted by Gasteiger charge is -2.01. The Morgan fingerprint density at radius 2 is 2.15 bits per heavy atom. The van der Waals surface area contributed by atoms with Crippen molar-refractivity contribution in [1.29, 1.82) is 0 Å². The van der Waals surface area contributed by atoms with Gasteiger partial charge in [-0.15, -0.1) is 0 Å². The molecule has 0 fully saturated rings. The first-order valence-electron chi connectivity index (χ1n) is 5.66. The molecule has 100 valence electrons. The minimum absolute atomic E-state index is 0.0696. The predicted octanol–water partition coefficient (Wildman–Crippen LogP) is 2.69. The van der Waals surface area contributed by atoms with Gasteiger partial charge in [-0.05, 0) is 18.2 Å². The molecule has 0 atom stereocenters. The van der Waals surface area contributed by atoms with Gasteiger partial charge < -0.3 is 5.73 Å². The zero-order valence-corrected chi connectivity index (χ0v) is 10.9. The summed E-state index contributed by atoms with van der Waals surface area (Å²) in [6.07, 6.45) is 1.66. The van der Waals surface area contributed by atoms with Gasteiger partial charge >= 0.3 is 5.00 Å². The molecular formula is C12H9N5O2S. The summed E-state index contributed by atoms with van der Waals surface area (Å²) in [6.45, 7) is 0. The van der Waals surface area contributed by atoms with E-state index in [4.69, 9.17) is 5.73 Å². The second kappa shape index (κ2) is 4.74. The van der Waals surface area contributed by atoms with Gasteiger partial charge in [-0.3, -0.25) is 20.2 Å². The minimum Gasteiger partial charge on any atom is -0.382 e. The van der Waals surface area contributed by atoms with Crippen molar-refractivity contribution in [2.45, 2.75) is 0 Å². The molecule has 3 rings (SSSR count). The van der Waals surface area contributed by atoms with Crippen LogP contribution in [-0.4, -0.2) is 20.1 Å². The lowest BCUT2D eigenvalue weighted by Crippen LogP contribution is -1.90. The van der Waals surface area contributed by atoms with E-state index in [1.165, 1.54) is 6.07 Å². The summed E-state index contributed by atoms with van der Waals surface area (Å²) in [7, 11) is 0. The Hall–Kier alpha value is -2.74. The quantitative estimate of drug-likeness (QED) is 0.568. The monoisotopic (exact) mass is 287 g/mol. The molecule has 0 aliphatic carbocycles. The maximum atomic E-state index is 10.8. The number of pyridine rings is 1. The van der Waals surface area contributed by atoms with E-state index in [0.29, 0.717) is 27.6 Å². The summed E-state index contributed by atoms with van der Waals surface area (Å²) in [5.41, 5.74) is 7.83. The molecule has 0 bridgehead atoms. The number of nitrogens with one attached hydrogen (secondary N) is 1. The van der Waals surface area contributed by atoms with Gasteiger partial charge in [-0.1, -0.05) is 17.4 Å². The number of aromatic amines is 1. The van der Waals surface area contributed by atoms with Crippen LogP contribution in [0.3, 0.4) is 0 Å². The van der Waals surface area contributed by atoms with E-state index < -0.39 is 4.92 Å². The number of aromatic nitrogens is 3. The molecule has 20 heavy (non-hydrogen) atoms. The van der Waals surface area contributed by atoms with Gasteiger partial charge in [0, 0.05) is 12.3 Å². The summed E-state index contributed by atoms with van der Waals surface area (Å²) in [5, 5.41) is 17.6. The summed E-state index contributed by atoms with van der Waals surface area (Å²) >= 11 is 1.06. The Morgan fingerprint density at radius 3 is 2.80 bits per heavy atom. The van der Waals surface area contributed by atoms with E-state index in [1.54, 1.807) is 18.3 Å². The van der Waals surface area contributed by atoms with Crippen LogP contribution in [0.5, 0.6) is 0 Å². The molecule has 0 amide bonds. The van der Waals surface area contributed by atoms with Gasteiger partial charge in [0.25, 0.3) is 0 Å². The fourth-order valence-corrected chi connectivity index (χ4v) is 2.69. The van der Waals surface area contributed by atoms with E-state index >= 15 is 0 Å². The average molecular weight is 287 g/mol. The molecule has 0 spiro atoms. The topological polar surface area (TPSA) is 111 Å². The zero-order chi connectivity index (χ0) is 14.1. The molecule has 7 nitrogen and oxygen atoms in total. The van der Waals surface area contributed by atoms with Crippen molar-refractivity contribution in [2.24, 2.45) is 0 Å². The molecule has 3 aromatic rings. The molecule has 3 N–H and O–H groups in total. The van der Waals surface area contributed by atoms with E-state index in [9.17, 15) is 10.1 Å². The lowest BCUT2D eigenvalue weighted by molar-refractivity contribution is -0.380. The first-order chi connectivity index (χ1) is 9.66. The normalized spacial score (nSPS) is 10.6. The van der Waals surface area contributed by atoms with Crippen LogP contribution in [-0.2, 0) is 0 Å². The van der Waals surface area contributed by atoms with Crippen molar-refractivity contribution < 1.29 is 4.92 Å². The Morgan fingerprint density at radius 1 is 1.30 bits per heavy atom. The van der Waals surface area contributed by atoms with Crippen molar-refractivity contribution in [3.05, 3.63) is 46.6 Å². The predicted molar refractivity (Wildman–Crippen MR) is 76.2 cm³/mol. The third-order valence-corrected chi connectivity index (χ3v) is 3.79. The van der Waals surface area contributed by atoms with Crippen molar-refractivity contribution in [2.75, 3.05) is 5.73 Å². The van der Waals surface area contributed by atoms with Crippen molar-refractivity contribution >= 4 is 22.2 Å². The highest BCUT2D eigenvalue weighted by Crippen LogP contribution is 2.38. The van der Waals surface area contributed by atoms with Gasteiger partial charge in [0.05, 0.1) is 26.8 Å². The number of rotatable bonds is 3. The fraction of sp³-hybridized carbons (Fsp3) is 0. The summed E-state index contributed by atoms with van der Waals surface area (Å²) in [4.78, 5) is 15.3. The molecular weight excluding hydrogens is 278 g/mol. The van der Waals surface area contributed by atoms with Crippen molar-refractivity contribution in [3.8, 4) is 21.8 Å². The van der Waals surface area contributed by atoms with Crippen LogP contribution >= 0.6 is 11.3 Å². The van der Waals surface area contributed by atoms with E-state index in [2.05, 4.69) is 15.2 Å². The number of anilines is 1. The van der Waals surface area contributed by atoms with Crippen LogP contribution < -0.4 is 5.73 Å². The van der Waals surface area contributed by atoms with Crippen LogP contribution in [0.2, 0.25) is 0 Å². The lowest BCUT2D eigenvalue weighted by atomic mass is 10.1. The zero-order valence-electron chi connectivity index (χ0n) is 10.1. The number of nitro groups is 1. The number of nitrogens with two attached hydrogens (primary N) is 1. The van der Waals surface area contributed by atoms with E-state index in [-0.39, 0.29) is 5.00 Å². The Kier molecular flexibility index (Phi) is 2.92. The molecule has 0 saturated heterocycles. The molecule has 8 heteroatoms. The summed E-state index contributed by atoms with van der Waals surface area (Å²) < 4.78 is 0. The van der Waals surface area contributed by atoms with Gasteiger partial charge in [0.1, 0.15) is 0 Å². The van der Waals surface area contributed by atoms with Gasteiger partial charge in [-0.2, -0.15) is 5.10 Å². The number of thiophene rings is 1. The third kappa shape index (κ3) is 2.01. The Bertz CT molecular complexity index is 765. The number of nitrogen functional groups attached to an aromatic ring is 1. The minimum atomic E-state index is -0.422. The average Bonchev–Trinajstić information content (AvgIpc) is 3.06. The highest BCUT2D eigenvalue weighted by molar-refractivity contribution is 7.18. The maximum Gasteiger partial charge on any atom is 0.324 e. The third-order valence-electron chi connectivity index (χ3n) is 2.73. The molecule has 0 aliphatic rings. The standard InChI is InChI=1S/C12H9N5O2S/c13-12-10(7-3-1-2-6-14-7)11(15-16-12)8-4-5-9(20-8)17(18)19/h1-6H,(H3,13,15,16). The maximum absolute atomic E-state index is 10.8. The van der Waals surface area contributed by atoms with Crippen molar-refractivity contribution in [1.82, 2.24) is 15.2 Å². The van der Waals surface area contributed by atoms with Gasteiger partial charge in [-0.25, -0.2) is 0 Å². The Labute approximate surface area is 117 Å². The smallest absolute Gasteiger partial charge is 0.324 e. The number of nitrogens with zero attached hydrogens (tertiary/aromatic N) is 3. The largest absolute Gasteiger partial charge is 0.382 e.